The van der Waals surface area contributed by atoms with E-state index in [9.17, 15) is 19.2 Å². The number of amides is 4. The molecule has 0 fully saturated rings. The fourth-order valence-corrected chi connectivity index (χ4v) is 0.649. The second kappa shape index (κ2) is 7.12. The van der Waals surface area contributed by atoms with Crippen LogP contribution in [0.25, 0.3) is 0 Å². The number of imide groups is 1. The Balaban J connectivity index is 0.000000288. The lowest BCUT2D eigenvalue weighted by atomic mass is 10.3. The normalized spacial score (nSPS) is 12.6. The first-order valence-electron chi connectivity index (χ1n) is 4.20. The Labute approximate surface area is 90.4 Å². The number of rotatable bonds is 3. The van der Waals surface area contributed by atoms with Gasteiger partial charge in [-0.1, -0.05) is 0 Å². The summed E-state index contributed by atoms with van der Waals surface area (Å²) in [7, 11) is 0. The number of nitrogens with one attached hydrogen (secondary N) is 2. The number of hydrogen-bond donors (Lipinski definition) is 4. The highest BCUT2D eigenvalue weighted by Gasteiger charge is 2.06. The van der Waals surface area contributed by atoms with Crippen LogP contribution in [0.5, 0.6) is 0 Å². The molecule has 0 saturated carbocycles. The molecule has 0 bridgehead atoms. The molecule has 8 heteroatoms. The summed E-state index contributed by atoms with van der Waals surface area (Å²) in [5.74, 6) is -1.82. The van der Waals surface area contributed by atoms with Crippen molar-refractivity contribution in [3.05, 3.63) is 12.2 Å². The van der Waals surface area contributed by atoms with E-state index < -0.39 is 11.8 Å². The van der Waals surface area contributed by atoms with E-state index in [0.717, 1.165) is 0 Å². The van der Waals surface area contributed by atoms with Gasteiger partial charge in [0.1, 0.15) is 0 Å². The average molecular weight is 229 g/mol. The minimum Gasteiger partial charge on any atom is -0.370 e. The van der Waals surface area contributed by atoms with Gasteiger partial charge >= 0.3 is 0 Å². The third kappa shape index (κ3) is 7.21. The molecule has 0 aromatic rings. The van der Waals surface area contributed by atoms with Crippen LogP contribution in [0.2, 0.25) is 0 Å². The first kappa shape index (κ1) is 13.8. The molecule has 88 valence electrons. The second-order valence-electron chi connectivity index (χ2n) is 2.69. The molecular weight excluding hydrogens is 218 g/mol. The van der Waals surface area contributed by atoms with Crippen LogP contribution in [0.1, 0.15) is 12.8 Å². The molecule has 0 unspecified atom stereocenters. The summed E-state index contributed by atoms with van der Waals surface area (Å²) < 4.78 is 0. The molecule has 16 heavy (non-hydrogen) atoms. The number of nitrogens with two attached hydrogens (primary N) is 1. The van der Waals surface area contributed by atoms with Gasteiger partial charge in [0.2, 0.25) is 11.8 Å². The van der Waals surface area contributed by atoms with Crippen LogP contribution < -0.4 is 16.5 Å². The van der Waals surface area contributed by atoms with Gasteiger partial charge in [0.05, 0.1) is 0 Å². The summed E-state index contributed by atoms with van der Waals surface area (Å²) in [5.41, 5.74) is 6.07. The Hall–Kier alpha value is -2.22. The molecule has 0 aromatic heterocycles. The van der Waals surface area contributed by atoms with Gasteiger partial charge in [-0.25, -0.2) is 5.48 Å². The fraction of sp³-hybridized carbons (Fsp3) is 0.250. The molecule has 8 nitrogen and oxygen atoms in total. The molecule has 1 aliphatic rings. The standard InChI is InChI=1S/C4H8N2O3.C4H3NO2/c5-3(7)1-2-4(8)6-9;6-3-1-2-4(7)5-3/h9H,1-2H2,(H2,5,7)(H,6,8);1-2H,(H,5,6,7). The van der Waals surface area contributed by atoms with Gasteiger partial charge in [-0.15, -0.1) is 0 Å². The monoisotopic (exact) mass is 229 g/mol. The Kier molecular flexibility index (Phi) is 6.13. The van der Waals surface area contributed by atoms with Crippen molar-refractivity contribution in [1.29, 1.82) is 0 Å². The van der Waals surface area contributed by atoms with Crippen molar-refractivity contribution < 1.29 is 24.4 Å². The Morgan fingerprint density at radius 1 is 1.25 bits per heavy atom. The molecule has 5 N–H and O–H groups in total. The molecule has 0 saturated heterocycles. The lowest BCUT2D eigenvalue weighted by Gasteiger charge is -1.92. The molecule has 1 rings (SSSR count). The van der Waals surface area contributed by atoms with Crippen LogP contribution in [0.15, 0.2) is 12.2 Å². The predicted molar refractivity (Wildman–Crippen MR) is 50.6 cm³/mol. The van der Waals surface area contributed by atoms with E-state index in [4.69, 9.17) is 10.9 Å². The van der Waals surface area contributed by atoms with Gasteiger partial charge in [0, 0.05) is 25.0 Å². The summed E-state index contributed by atoms with van der Waals surface area (Å²) in [5, 5.41) is 9.92. The highest BCUT2D eigenvalue weighted by molar-refractivity contribution is 6.12. The smallest absolute Gasteiger partial charge is 0.250 e. The first-order chi connectivity index (χ1) is 7.45. The number of carbonyl (C=O) groups is 4. The van der Waals surface area contributed by atoms with Gasteiger partial charge in [0.25, 0.3) is 11.8 Å². The van der Waals surface area contributed by atoms with Crippen LogP contribution >= 0.6 is 0 Å². The number of primary amides is 1. The molecule has 4 amide bonds. The summed E-state index contributed by atoms with van der Waals surface area (Å²) in [6, 6.07) is 0. The topological polar surface area (TPSA) is 139 Å². The molecule has 0 spiro atoms. The molecular formula is C8H11N3O5. The van der Waals surface area contributed by atoms with Crippen LogP contribution in [0, 0.1) is 0 Å². The van der Waals surface area contributed by atoms with E-state index in [1.54, 1.807) is 0 Å². The zero-order valence-corrected chi connectivity index (χ0v) is 8.23. The summed E-state index contributed by atoms with van der Waals surface area (Å²) in [6.45, 7) is 0. The molecule has 1 aliphatic heterocycles. The second-order valence-corrected chi connectivity index (χ2v) is 2.69. The van der Waals surface area contributed by atoms with Crippen molar-refractivity contribution in [3.8, 4) is 0 Å². The maximum absolute atomic E-state index is 10.1. The maximum Gasteiger partial charge on any atom is 0.250 e. The minimum atomic E-state index is -0.603. The fourth-order valence-electron chi connectivity index (χ4n) is 0.649. The zero-order chi connectivity index (χ0) is 12.6. The van der Waals surface area contributed by atoms with E-state index in [-0.39, 0.29) is 24.7 Å². The zero-order valence-electron chi connectivity index (χ0n) is 8.23. The summed E-state index contributed by atoms with van der Waals surface area (Å²) in [4.78, 5) is 40.2. The van der Waals surface area contributed by atoms with Gasteiger partial charge in [0.15, 0.2) is 0 Å². The van der Waals surface area contributed by atoms with E-state index in [1.807, 2.05) is 5.32 Å². The van der Waals surface area contributed by atoms with Crippen LogP contribution in [-0.4, -0.2) is 28.8 Å². The van der Waals surface area contributed by atoms with Crippen molar-refractivity contribution in [2.75, 3.05) is 0 Å². The molecule has 0 aliphatic carbocycles. The molecule has 0 aromatic carbocycles. The van der Waals surface area contributed by atoms with Crippen molar-refractivity contribution in [2.24, 2.45) is 5.73 Å². The first-order valence-corrected chi connectivity index (χ1v) is 4.20. The Morgan fingerprint density at radius 3 is 2.00 bits per heavy atom. The number of hydroxylamine groups is 1. The summed E-state index contributed by atoms with van der Waals surface area (Å²) in [6.07, 6.45) is 2.29. The van der Waals surface area contributed by atoms with Crippen molar-refractivity contribution in [3.63, 3.8) is 0 Å². The lowest BCUT2D eigenvalue weighted by molar-refractivity contribution is -0.131. The van der Waals surface area contributed by atoms with Crippen LogP contribution in [-0.2, 0) is 19.2 Å². The van der Waals surface area contributed by atoms with E-state index in [2.05, 4.69) is 0 Å². The van der Waals surface area contributed by atoms with Gasteiger partial charge in [-0.2, -0.15) is 0 Å². The lowest BCUT2D eigenvalue weighted by Crippen LogP contribution is -2.21. The van der Waals surface area contributed by atoms with Crippen LogP contribution in [0.4, 0.5) is 0 Å². The Morgan fingerprint density at radius 2 is 1.75 bits per heavy atom. The third-order valence-electron chi connectivity index (χ3n) is 1.36. The molecule has 0 radical (unpaired) electrons. The largest absolute Gasteiger partial charge is 0.370 e. The maximum atomic E-state index is 10.1. The van der Waals surface area contributed by atoms with Gasteiger partial charge in [-0.05, 0) is 0 Å². The average Bonchev–Trinajstić information content (AvgIpc) is 2.59. The predicted octanol–water partition coefficient (Wildman–Crippen LogP) is -2.04. The Bertz CT molecular complexity index is 321. The van der Waals surface area contributed by atoms with Crippen molar-refractivity contribution >= 4 is 23.6 Å². The highest BCUT2D eigenvalue weighted by Crippen LogP contribution is 1.84. The van der Waals surface area contributed by atoms with Crippen molar-refractivity contribution in [2.45, 2.75) is 12.8 Å². The van der Waals surface area contributed by atoms with E-state index in [1.165, 1.54) is 17.6 Å². The summed E-state index contributed by atoms with van der Waals surface area (Å²) >= 11 is 0. The van der Waals surface area contributed by atoms with Gasteiger partial charge in [-0.3, -0.25) is 29.7 Å². The van der Waals surface area contributed by atoms with E-state index >= 15 is 0 Å². The highest BCUT2D eigenvalue weighted by atomic mass is 16.5. The quantitative estimate of drug-likeness (QED) is 0.251. The number of hydrogen-bond acceptors (Lipinski definition) is 5. The molecule has 1 heterocycles. The molecule has 0 atom stereocenters. The van der Waals surface area contributed by atoms with Crippen molar-refractivity contribution in [1.82, 2.24) is 10.8 Å². The third-order valence-corrected chi connectivity index (χ3v) is 1.36. The minimum absolute atomic E-state index is 0.0353. The van der Waals surface area contributed by atoms with Gasteiger partial charge < -0.3 is 5.73 Å². The SMILES string of the molecule is NC(=O)CCC(=O)NO.O=C1C=CC(=O)N1. The number of carbonyl (C=O) groups excluding carboxylic acids is 4. The van der Waals surface area contributed by atoms with Crippen LogP contribution in [0.3, 0.4) is 0 Å². The van der Waals surface area contributed by atoms with E-state index in [0.29, 0.717) is 0 Å².